The lowest BCUT2D eigenvalue weighted by Gasteiger charge is -2.36. The van der Waals surface area contributed by atoms with Crippen molar-refractivity contribution in [3.63, 3.8) is 0 Å². The van der Waals surface area contributed by atoms with Gasteiger partial charge in [0.05, 0.1) is 6.42 Å². The van der Waals surface area contributed by atoms with E-state index in [-0.39, 0.29) is 25.3 Å². The van der Waals surface area contributed by atoms with E-state index in [9.17, 15) is 9.90 Å². The van der Waals surface area contributed by atoms with Gasteiger partial charge in [-0.2, -0.15) is 0 Å². The van der Waals surface area contributed by atoms with Crippen molar-refractivity contribution in [2.45, 2.75) is 32.0 Å². The fourth-order valence-electron chi connectivity index (χ4n) is 3.95. The fraction of sp³-hybridized carbons (Fsp3) is 0.240. The Bertz CT molecular complexity index is 991. The summed E-state index contributed by atoms with van der Waals surface area (Å²) in [6.45, 7) is 2.94. The monoisotopic (exact) mass is 403 g/mol. The summed E-state index contributed by atoms with van der Waals surface area (Å²) in [7, 11) is 0. The number of carboxylic acid groups (broad SMARTS) is 1. The number of fused-ring (bicyclic) bond motifs is 1. The van der Waals surface area contributed by atoms with Crippen LogP contribution in [0.15, 0.2) is 78.9 Å². The summed E-state index contributed by atoms with van der Waals surface area (Å²) in [4.78, 5) is 14.1. The summed E-state index contributed by atoms with van der Waals surface area (Å²) < 4.78 is 11.0. The highest BCUT2D eigenvalue weighted by Gasteiger charge is 2.29. The van der Waals surface area contributed by atoms with Crippen molar-refractivity contribution >= 4 is 5.97 Å². The van der Waals surface area contributed by atoms with Crippen LogP contribution in [0.2, 0.25) is 0 Å². The van der Waals surface area contributed by atoms with E-state index >= 15 is 0 Å². The van der Waals surface area contributed by atoms with Crippen molar-refractivity contribution in [1.29, 1.82) is 0 Å². The first-order valence-electron chi connectivity index (χ1n) is 10.1. The molecular formula is C25H25NO4. The number of hydrogen-bond donors (Lipinski definition) is 1. The average Bonchev–Trinajstić information content (AvgIpc) is 3.25. The van der Waals surface area contributed by atoms with Crippen molar-refractivity contribution in [2.24, 2.45) is 0 Å². The molecule has 0 aromatic heterocycles. The van der Waals surface area contributed by atoms with Gasteiger partial charge in [-0.25, -0.2) is 0 Å². The van der Waals surface area contributed by atoms with Crippen molar-refractivity contribution in [3.05, 3.63) is 95.6 Å². The van der Waals surface area contributed by atoms with Gasteiger partial charge in [-0.3, -0.25) is 9.69 Å². The quantitative estimate of drug-likeness (QED) is 0.561. The van der Waals surface area contributed by atoms with Crippen molar-refractivity contribution in [1.82, 2.24) is 4.90 Å². The third kappa shape index (κ3) is 4.47. The van der Waals surface area contributed by atoms with Crippen LogP contribution in [-0.4, -0.2) is 22.8 Å². The van der Waals surface area contributed by atoms with Crippen LogP contribution in [0.4, 0.5) is 0 Å². The molecule has 1 aliphatic rings. The van der Waals surface area contributed by atoms with Gasteiger partial charge >= 0.3 is 5.97 Å². The molecule has 3 aromatic carbocycles. The molecule has 4 rings (SSSR count). The van der Waals surface area contributed by atoms with Crippen LogP contribution < -0.4 is 9.47 Å². The summed E-state index contributed by atoms with van der Waals surface area (Å²) in [6.07, 6.45) is -0.0103. The molecular weight excluding hydrogens is 378 g/mol. The number of hydrogen-bond acceptors (Lipinski definition) is 4. The summed E-state index contributed by atoms with van der Waals surface area (Å²) in [5.74, 6) is 0.518. The van der Waals surface area contributed by atoms with Crippen LogP contribution in [-0.2, 0) is 11.3 Å². The highest BCUT2D eigenvalue weighted by Crippen LogP contribution is 2.39. The highest BCUT2D eigenvalue weighted by atomic mass is 16.7. The van der Waals surface area contributed by atoms with Crippen molar-refractivity contribution in [2.75, 3.05) is 6.79 Å². The maximum atomic E-state index is 11.9. The molecule has 0 aliphatic carbocycles. The summed E-state index contributed by atoms with van der Waals surface area (Å²) >= 11 is 0. The molecule has 0 unspecified atom stereocenters. The molecule has 5 nitrogen and oxygen atoms in total. The third-order valence-corrected chi connectivity index (χ3v) is 5.54. The van der Waals surface area contributed by atoms with E-state index in [0.29, 0.717) is 18.0 Å². The van der Waals surface area contributed by atoms with Gasteiger partial charge in [-0.15, -0.1) is 0 Å². The van der Waals surface area contributed by atoms with Crippen molar-refractivity contribution < 1.29 is 19.4 Å². The van der Waals surface area contributed by atoms with Crippen LogP contribution in [0.1, 0.15) is 42.1 Å². The first-order valence-corrected chi connectivity index (χ1v) is 10.1. The van der Waals surface area contributed by atoms with Crippen molar-refractivity contribution in [3.8, 4) is 11.5 Å². The number of benzene rings is 3. The topological polar surface area (TPSA) is 59.0 Å². The Morgan fingerprint density at radius 3 is 2.30 bits per heavy atom. The SMILES string of the molecule is C[C@@H](c1ccccc1)N(Cc1ccccc1)[C@H](CC(=O)O)c1ccc2c(c1)OCO2. The van der Waals surface area contributed by atoms with Crippen LogP contribution in [0.5, 0.6) is 11.5 Å². The zero-order valence-corrected chi connectivity index (χ0v) is 16.9. The maximum absolute atomic E-state index is 11.9. The van der Waals surface area contributed by atoms with Crippen LogP contribution in [0, 0.1) is 0 Å². The van der Waals surface area contributed by atoms with Gasteiger partial charge < -0.3 is 14.6 Å². The van der Waals surface area contributed by atoms with Crippen LogP contribution >= 0.6 is 0 Å². The normalized spacial score (nSPS) is 14.5. The summed E-state index contributed by atoms with van der Waals surface area (Å²) in [6, 6.07) is 25.7. The second kappa shape index (κ2) is 9.01. The zero-order chi connectivity index (χ0) is 20.9. The Hall–Kier alpha value is -3.31. The first kappa shape index (κ1) is 20.0. The molecule has 0 spiro atoms. The predicted octanol–water partition coefficient (Wildman–Crippen LogP) is 5.19. The van der Waals surface area contributed by atoms with Gasteiger partial charge in [-0.1, -0.05) is 66.7 Å². The highest BCUT2D eigenvalue weighted by molar-refractivity contribution is 5.68. The van der Waals surface area contributed by atoms with E-state index in [2.05, 4.69) is 36.1 Å². The zero-order valence-electron chi connectivity index (χ0n) is 16.9. The first-order chi connectivity index (χ1) is 14.6. The molecule has 0 radical (unpaired) electrons. The Kier molecular flexibility index (Phi) is 6.00. The van der Waals surface area contributed by atoms with Gasteiger partial charge in [0.2, 0.25) is 6.79 Å². The molecule has 1 aliphatic heterocycles. The van der Waals surface area contributed by atoms with E-state index < -0.39 is 5.97 Å². The number of carbonyl (C=O) groups is 1. The predicted molar refractivity (Wildman–Crippen MR) is 114 cm³/mol. The Balaban J connectivity index is 1.75. The summed E-state index contributed by atoms with van der Waals surface area (Å²) in [5.41, 5.74) is 3.18. The Morgan fingerprint density at radius 2 is 1.60 bits per heavy atom. The molecule has 0 bridgehead atoms. The third-order valence-electron chi connectivity index (χ3n) is 5.54. The lowest BCUT2D eigenvalue weighted by Crippen LogP contribution is -2.32. The molecule has 3 aromatic rings. The van der Waals surface area contributed by atoms with E-state index in [0.717, 1.165) is 16.7 Å². The molecule has 2 atom stereocenters. The van der Waals surface area contributed by atoms with E-state index in [1.807, 2.05) is 54.6 Å². The Morgan fingerprint density at radius 1 is 0.933 bits per heavy atom. The maximum Gasteiger partial charge on any atom is 0.305 e. The number of nitrogens with zero attached hydrogens (tertiary/aromatic N) is 1. The molecule has 1 N–H and O–H groups in total. The number of aliphatic carboxylic acids is 1. The van der Waals surface area contributed by atoms with Gasteiger partial charge in [0.1, 0.15) is 0 Å². The minimum absolute atomic E-state index is 0.0103. The van der Waals surface area contributed by atoms with E-state index in [1.165, 1.54) is 0 Å². The second-order valence-electron chi connectivity index (χ2n) is 7.47. The standard InChI is InChI=1S/C25H25NO4/c1-18(20-10-6-3-7-11-20)26(16-19-8-4-2-5-9-19)22(15-25(27)28)21-12-13-23-24(14-21)30-17-29-23/h2-14,18,22H,15-17H2,1H3,(H,27,28)/t18-,22+/m0/s1. The largest absolute Gasteiger partial charge is 0.481 e. The number of carboxylic acids is 1. The minimum Gasteiger partial charge on any atom is -0.481 e. The minimum atomic E-state index is -0.837. The molecule has 0 saturated carbocycles. The molecule has 0 amide bonds. The lowest BCUT2D eigenvalue weighted by atomic mass is 9.96. The average molecular weight is 403 g/mol. The van der Waals surface area contributed by atoms with E-state index in [1.54, 1.807) is 0 Å². The van der Waals surface area contributed by atoms with E-state index in [4.69, 9.17) is 9.47 Å². The van der Waals surface area contributed by atoms with Gasteiger partial charge in [0.15, 0.2) is 11.5 Å². The Labute approximate surface area is 176 Å². The molecule has 30 heavy (non-hydrogen) atoms. The van der Waals surface area contributed by atoms with Crippen LogP contribution in [0.25, 0.3) is 0 Å². The van der Waals surface area contributed by atoms with Gasteiger partial charge in [0, 0.05) is 18.6 Å². The fourth-order valence-corrected chi connectivity index (χ4v) is 3.95. The smallest absolute Gasteiger partial charge is 0.305 e. The van der Waals surface area contributed by atoms with Crippen LogP contribution in [0.3, 0.4) is 0 Å². The number of rotatable bonds is 8. The molecule has 5 heteroatoms. The molecule has 0 fully saturated rings. The summed E-state index contributed by atoms with van der Waals surface area (Å²) in [5, 5.41) is 9.72. The molecule has 0 saturated heterocycles. The molecule has 1 heterocycles. The second-order valence-corrected chi connectivity index (χ2v) is 7.47. The van der Waals surface area contributed by atoms with Gasteiger partial charge in [0.25, 0.3) is 0 Å². The number of ether oxygens (including phenoxy) is 2. The lowest BCUT2D eigenvalue weighted by molar-refractivity contribution is -0.138. The van der Waals surface area contributed by atoms with Gasteiger partial charge in [-0.05, 0) is 35.7 Å². The molecule has 154 valence electrons.